The van der Waals surface area contributed by atoms with Gasteiger partial charge in [-0.15, -0.1) is 7.92 Å². The fraction of sp³-hybridized carbons (Fsp3) is 1.00. The zero-order valence-corrected chi connectivity index (χ0v) is 10.9. The third-order valence-electron chi connectivity index (χ3n) is 1.34. The van der Waals surface area contributed by atoms with E-state index >= 15 is 0 Å². The van der Waals surface area contributed by atoms with E-state index < -0.39 is 0 Å². The standard InChI is InChI=1S/C6H15P.Au.BrH/c1-4-7(5-2)6-3;;/h4-6H2,1-3H3;;1H/q;+1;/p-1. The van der Waals surface area contributed by atoms with E-state index in [1.165, 1.54) is 18.5 Å². The first-order chi connectivity index (χ1) is 4.35. The van der Waals surface area contributed by atoms with Crippen LogP contribution in [-0.4, -0.2) is 18.5 Å². The maximum absolute atomic E-state index is 2.88. The number of hydrogen-bond acceptors (Lipinski definition) is 0. The molecule has 0 radical (unpaired) electrons. The molecule has 9 heavy (non-hydrogen) atoms. The van der Waals surface area contributed by atoms with Gasteiger partial charge in [-0.3, -0.25) is 0 Å². The van der Waals surface area contributed by atoms with Gasteiger partial charge in [-0.1, -0.05) is 20.8 Å². The van der Waals surface area contributed by atoms with Gasteiger partial charge in [0.25, 0.3) is 0 Å². The molecule has 0 N–H and O–H groups in total. The van der Waals surface area contributed by atoms with Crippen LogP contribution in [0, 0.1) is 0 Å². The van der Waals surface area contributed by atoms with E-state index in [2.05, 4.69) is 52.7 Å². The van der Waals surface area contributed by atoms with E-state index in [0.717, 1.165) is 0 Å². The van der Waals surface area contributed by atoms with Gasteiger partial charge in [-0.25, -0.2) is 0 Å². The fourth-order valence-electron chi connectivity index (χ4n) is 0.671. The van der Waals surface area contributed by atoms with Crippen LogP contribution in [0.4, 0.5) is 0 Å². The van der Waals surface area contributed by atoms with Gasteiger partial charge in [0, 0.05) is 0 Å². The van der Waals surface area contributed by atoms with E-state index in [-0.39, 0.29) is 0 Å². The van der Waals surface area contributed by atoms with E-state index in [9.17, 15) is 0 Å². The fourth-order valence-corrected chi connectivity index (χ4v) is 2.01. The first-order valence-electron chi connectivity index (χ1n) is 3.18. The zero-order chi connectivity index (χ0) is 7.70. The predicted octanol–water partition coefficient (Wildman–Crippen LogP) is 3.37. The van der Waals surface area contributed by atoms with Gasteiger partial charge in [0.05, 0.1) is 0 Å². The molecular weight excluding hydrogens is 380 g/mol. The number of halogens is 1. The Bertz CT molecular complexity index is 34.5. The summed E-state index contributed by atoms with van der Waals surface area (Å²) in [6.07, 6.45) is 4.26. The van der Waals surface area contributed by atoms with E-state index in [1.54, 1.807) is 0 Å². The van der Waals surface area contributed by atoms with Crippen LogP contribution in [0.5, 0.6) is 0 Å². The third kappa shape index (κ3) is 9.65. The van der Waals surface area contributed by atoms with Crippen LogP contribution >= 0.6 is 20.9 Å². The summed E-state index contributed by atoms with van der Waals surface area (Å²) in [4.78, 5) is 0. The summed E-state index contributed by atoms with van der Waals surface area (Å²) in [5.74, 6) is 0. The van der Waals surface area contributed by atoms with Crippen molar-refractivity contribution >= 4 is 20.9 Å². The molecule has 0 aromatic rings. The van der Waals surface area contributed by atoms with E-state index in [1.807, 2.05) is 0 Å². The first kappa shape index (κ1) is 13.3. The van der Waals surface area contributed by atoms with Crippen LogP contribution in [0.2, 0.25) is 0 Å². The molecule has 0 rings (SSSR count). The number of hydrogen-bond donors (Lipinski definition) is 0. The first-order valence-corrected chi connectivity index (χ1v) is 9.81. The second-order valence-corrected chi connectivity index (χ2v) is 4.86. The van der Waals surface area contributed by atoms with Crippen LogP contribution in [0.15, 0.2) is 0 Å². The van der Waals surface area contributed by atoms with Gasteiger partial charge in [-0.2, -0.15) is 0 Å². The van der Waals surface area contributed by atoms with Crippen molar-refractivity contribution in [2.45, 2.75) is 20.8 Å². The summed E-state index contributed by atoms with van der Waals surface area (Å²) in [5.41, 5.74) is 0. The Kier molecular flexibility index (Phi) is 18.2. The van der Waals surface area contributed by atoms with Crippen molar-refractivity contribution < 1.29 is 18.9 Å². The van der Waals surface area contributed by atoms with Gasteiger partial charge in [-0.05, 0) is 18.5 Å². The van der Waals surface area contributed by atoms with Crippen LogP contribution in [-0.2, 0) is 18.9 Å². The molecule has 0 aliphatic heterocycles. The molecule has 0 aliphatic rings. The van der Waals surface area contributed by atoms with Gasteiger partial charge in [0.2, 0.25) is 0 Å². The van der Waals surface area contributed by atoms with Gasteiger partial charge in [0.1, 0.15) is 0 Å². The van der Waals surface area contributed by atoms with Crippen molar-refractivity contribution in [2.24, 2.45) is 0 Å². The molecule has 0 saturated carbocycles. The minimum atomic E-state index is 0.446. The van der Waals surface area contributed by atoms with Crippen molar-refractivity contribution in [1.29, 1.82) is 0 Å². The quantitative estimate of drug-likeness (QED) is 0.508. The van der Waals surface area contributed by atoms with Crippen molar-refractivity contribution in [3.8, 4) is 0 Å². The second kappa shape index (κ2) is 12.3. The Morgan fingerprint density at radius 3 is 1.22 bits per heavy atom. The minimum absolute atomic E-state index is 0.446. The second-order valence-electron chi connectivity index (χ2n) is 1.62. The predicted molar refractivity (Wildman–Crippen MR) is 47.5 cm³/mol. The molecule has 0 atom stereocenters. The van der Waals surface area contributed by atoms with Crippen LogP contribution in [0.25, 0.3) is 0 Å². The topological polar surface area (TPSA) is 0 Å². The molecule has 0 unspecified atom stereocenters. The Morgan fingerprint density at radius 1 is 1.00 bits per heavy atom. The van der Waals surface area contributed by atoms with Gasteiger partial charge >= 0.3 is 32.0 Å². The molecule has 0 spiro atoms. The Balaban J connectivity index is 0. The Morgan fingerprint density at radius 2 is 1.22 bits per heavy atom. The van der Waals surface area contributed by atoms with Crippen molar-refractivity contribution in [3.05, 3.63) is 0 Å². The third-order valence-corrected chi connectivity index (χ3v) is 4.02. The molecule has 62 valence electrons. The zero-order valence-electron chi connectivity index (χ0n) is 6.25. The molecule has 0 aliphatic carbocycles. The van der Waals surface area contributed by atoms with Crippen molar-refractivity contribution in [3.63, 3.8) is 0 Å². The van der Waals surface area contributed by atoms with Gasteiger partial charge < -0.3 is 0 Å². The molecule has 0 heterocycles. The van der Waals surface area contributed by atoms with Crippen molar-refractivity contribution in [1.82, 2.24) is 0 Å². The molecule has 0 nitrogen and oxygen atoms in total. The average molecular weight is 395 g/mol. The van der Waals surface area contributed by atoms with Crippen LogP contribution in [0.3, 0.4) is 0 Å². The number of rotatable bonds is 3. The maximum atomic E-state index is 2.88. The summed E-state index contributed by atoms with van der Waals surface area (Å²) in [6.45, 7) is 6.87. The molecule has 0 saturated heterocycles. The normalized spacial score (nSPS) is 8.78. The summed E-state index contributed by atoms with van der Waals surface area (Å²) in [6, 6.07) is 0. The average Bonchev–Trinajstić information content (AvgIpc) is 1.96. The molecule has 0 aromatic heterocycles. The molecule has 0 aromatic carbocycles. The summed E-state index contributed by atoms with van der Waals surface area (Å²) in [5, 5.41) is 0. The Hall–Kier alpha value is 1.65. The molecule has 3 heteroatoms. The molecule has 0 amide bonds. The summed E-state index contributed by atoms with van der Waals surface area (Å²) >= 11 is 4.97. The van der Waals surface area contributed by atoms with Crippen LogP contribution in [0.1, 0.15) is 20.8 Å². The van der Waals surface area contributed by atoms with Gasteiger partial charge in [0.15, 0.2) is 0 Å². The SMILES string of the molecule is CCP(CC)CC.[Br][Au]. The molecule has 0 fully saturated rings. The summed E-state index contributed by atoms with van der Waals surface area (Å²) in [7, 11) is 0.446. The van der Waals surface area contributed by atoms with Crippen LogP contribution < -0.4 is 0 Å². The monoisotopic (exact) mass is 394 g/mol. The molecular formula is C6H15AuBrP. The Labute approximate surface area is 78.8 Å². The van der Waals surface area contributed by atoms with E-state index in [0.29, 0.717) is 7.92 Å². The summed E-state index contributed by atoms with van der Waals surface area (Å²) < 4.78 is 0. The van der Waals surface area contributed by atoms with E-state index in [4.69, 9.17) is 0 Å². The molecule has 0 bridgehead atoms. The van der Waals surface area contributed by atoms with Crippen molar-refractivity contribution in [2.75, 3.05) is 18.5 Å².